The van der Waals surface area contributed by atoms with Crippen LogP contribution >= 0.6 is 0 Å². The molecule has 2 N–H and O–H groups in total. The van der Waals surface area contributed by atoms with Crippen LogP contribution in [0.4, 0.5) is 4.79 Å². The van der Waals surface area contributed by atoms with Crippen LogP contribution in [0, 0.1) is 0 Å². The molecule has 90 valence electrons. The van der Waals surface area contributed by atoms with Crippen molar-refractivity contribution in [2.75, 3.05) is 20.1 Å². The maximum atomic E-state index is 11.7. The molecule has 2 rings (SSSR count). The Morgan fingerprint density at radius 1 is 1.29 bits per heavy atom. The largest absolute Gasteiger partial charge is 0.327 e. The van der Waals surface area contributed by atoms with Gasteiger partial charge in [0.15, 0.2) is 0 Å². The van der Waals surface area contributed by atoms with E-state index in [4.69, 9.17) is 5.73 Å². The van der Waals surface area contributed by atoms with Gasteiger partial charge in [0.1, 0.15) is 6.54 Å². The maximum absolute atomic E-state index is 11.7. The Hall–Kier alpha value is -1.88. The van der Waals surface area contributed by atoms with E-state index in [0.29, 0.717) is 0 Å². The second-order valence-corrected chi connectivity index (χ2v) is 4.16. The number of urea groups is 1. The number of carbonyl (C=O) groups is 2. The molecule has 0 radical (unpaired) electrons. The summed E-state index contributed by atoms with van der Waals surface area (Å²) in [5, 5.41) is 0. The predicted molar refractivity (Wildman–Crippen MR) is 63.1 cm³/mol. The molecular formula is C12H15N3O2. The van der Waals surface area contributed by atoms with E-state index in [1.54, 1.807) is 7.05 Å². The molecule has 1 aromatic carbocycles. The van der Waals surface area contributed by atoms with Crippen LogP contribution in [0.15, 0.2) is 30.3 Å². The fourth-order valence-corrected chi connectivity index (χ4v) is 1.85. The van der Waals surface area contributed by atoms with Gasteiger partial charge in [0.05, 0.1) is 0 Å². The number of hydrogen-bond donors (Lipinski definition) is 1. The van der Waals surface area contributed by atoms with Gasteiger partial charge in [0, 0.05) is 19.6 Å². The third-order valence-corrected chi connectivity index (χ3v) is 2.84. The summed E-state index contributed by atoms with van der Waals surface area (Å²) in [6.45, 7) is 0.367. The number of imide groups is 1. The van der Waals surface area contributed by atoms with Crippen molar-refractivity contribution in [1.82, 2.24) is 9.80 Å². The first kappa shape index (κ1) is 11.6. The van der Waals surface area contributed by atoms with Crippen LogP contribution in [-0.2, 0) is 4.79 Å². The van der Waals surface area contributed by atoms with Crippen LogP contribution in [-0.4, -0.2) is 41.9 Å². The summed E-state index contributed by atoms with van der Waals surface area (Å²) in [6.07, 6.45) is 0. The van der Waals surface area contributed by atoms with Crippen molar-refractivity contribution < 1.29 is 9.59 Å². The minimum Gasteiger partial charge on any atom is -0.322 e. The highest BCUT2D eigenvalue weighted by atomic mass is 16.2. The van der Waals surface area contributed by atoms with Gasteiger partial charge in [-0.15, -0.1) is 0 Å². The lowest BCUT2D eigenvalue weighted by Gasteiger charge is -2.19. The first-order valence-electron chi connectivity index (χ1n) is 5.45. The Morgan fingerprint density at radius 3 is 2.47 bits per heavy atom. The summed E-state index contributed by atoms with van der Waals surface area (Å²) in [5.74, 6) is -0.191. The Kier molecular flexibility index (Phi) is 3.10. The number of nitrogens with two attached hydrogens (primary N) is 1. The molecule has 1 atom stereocenters. The van der Waals surface area contributed by atoms with Crippen molar-refractivity contribution in [3.05, 3.63) is 35.9 Å². The van der Waals surface area contributed by atoms with E-state index in [0.717, 1.165) is 5.56 Å². The third kappa shape index (κ3) is 2.29. The fraction of sp³-hybridized carbons (Fsp3) is 0.333. The van der Waals surface area contributed by atoms with Crippen LogP contribution < -0.4 is 5.73 Å². The van der Waals surface area contributed by atoms with Gasteiger partial charge in [-0.25, -0.2) is 4.79 Å². The molecule has 0 bridgehead atoms. The van der Waals surface area contributed by atoms with E-state index in [2.05, 4.69) is 0 Å². The Labute approximate surface area is 99.8 Å². The molecule has 17 heavy (non-hydrogen) atoms. The van der Waals surface area contributed by atoms with Crippen LogP contribution in [0.1, 0.15) is 11.6 Å². The highest BCUT2D eigenvalue weighted by Crippen LogP contribution is 2.15. The number of likely N-dealkylation sites (N-methyl/N-ethyl adjacent to an activating group) is 1. The zero-order valence-corrected chi connectivity index (χ0v) is 9.67. The highest BCUT2D eigenvalue weighted by molar-refractivity contribution is 6.01. The second-order valence-electron chi connectivity index (χ2n) is 4.16. The first-order valence-corrected chi connectivity index (χ1v) is 5.45. The van der Waals surface area contributed by atoms with Crippen molar-refractivity contribution in [3.63, 3.8) is 0 Å². The molecule has 0 aliphatic carbocycles. The van der Waals surface area contributed by atoms with Crippen molar-refractivity contribution in [1.29, 1.82) is 0 Å². The van der Waals surface area contributed by atoms with E-state index in [1.807, 2.05) is 30.3 Å². The van der Waals surface area contributed by atoms with E-state index >= 15 is 0 Å². The van der Waals surface area contributed by atoms with Crippen molar-refractivity contribution in [3.8, 4) is 0 Å². The molecule has 1 aromatic rings. The summed E-state index contributed by atoms with van der Waals surface area (Å²) >= 11 is 0. The lowest BCUT2D eigenvalue weighted by Crippen LogP contribution is -2.37. The molecule has 1 aliphatic heterocycles. The molecule has 0 spiro atoms. The maximum Gasteiger partial charge on any atom is 0.327 e. The average Bonchev–Trinajstić information content (AvgIpc) is 2.57. The van der Waals surface area contributed by atoms with Gasteiger partial charge in [0.25, 0.3) is 0 Å². The van der Waals surface area contributed by atoms with E-state index < -0.39 is 0 Å². The third-order valence-electron chi connectivity index (χ3n) is 2.84. The van der Waals surface area contributed by atoms with Crippen molar-refractivity contribution >= 4 is 11.9 Å². The molecule has 1 aliphatic rings. The molecule has 1 fully saturated rings. The lowest BCUT2D eigenvalue weighted by molar-refractivity contribution is -0.125. The van der Waals surface area contributed by atoms with Gasteiger partial charge in [-0.2, -0.15) is 0 Å². The van der Waals surface area contributed by atoms with Crippen LogP contribution in [0.2, 0.25) is 0 Å². The Morgan fingerprint density at radius 2 is 1.94 bits per heavy atom. The minimum absolute atomic E-state index is 0.139. The van der Waals surface area contributed by atoms with Crippen LogP contribution in [0.5, 0.6) is 0 Å². The van der Waals surface area contributed by atoms with E-state index in [9.17, 15) is 9.59 Å². The Balaban J connectivity index is 2.07. The van der Waals surface area contributed by atoms with Crippen molar-refractivity contribution in [2.45, 2.75) is 6.04 Å². The number of benzene rings is 1. The molecular weight excluding hydrogens is 218 g/mol. The molecule has 0 saturated carbocycles. The molecule has 1 saturated heterocycles. The molecule has 1 heterocycles. The minimum atomic E-state index is -0.337. The zero-order valence-electron chi connectivity index (χ0n) is 9.67. The zero-order chi connectivity index (χ0) is 12.4. The summed E-state index contributed by atoms with van der Waals surface area (Å²) < 4.78 is 0. The monoisotopic (exact) mass is 233 g/mol. The molecule has 1 unspecified atom stereocenters. The molecule has 5 nitrogen and oxygen atoms in total. The number of amides is 3. The van der Waals surface area contributed by atoms with Crippen LogP contribution in [0.25, 0.3) is 0 Å². The van der Waals surface area contributed by atoms with Gasteiger partial charge >= 0.3 is 6.03 Å². The molecule has 0 aromatic heterocycles. The van der Waals surface area contributed by atoms with Gasteiger partial charge in [-0.1, -0.05) is 30.3 Å². The summed E-state index contributed by atoms with van der Waals surface area (Å²) in [6, 6.07) is 8.83. The SMILES string of the molecule is CN1CC(=O)N(CC(N)c2ccccc2)C1=O. The van der Waals surface area contributed by atoms with Gasteiger partial charge in [0.2, 0.25) is 5.91 Å². The summed E-state index contributed by atoms with van der Waals surface area (Å²) in [5.41, 5.74) is 6.90. The number of nitrogens with zero attached hydrogens (tertiary/aromatic N) is 2. The van der Waals surface area contributed by atoms with E-state index in [-0.39, 0.29) is 31.1 Å². The predicted octanol–water partition coefficient (Wildman–Crippen LogP) is 0.580. The standard InChI is InChI=1S/C12H15N3O2/c1-14-8-11(16)15(12(14)17)7-10(13)9-5-3-2-4-6-9/h2-6,10H,7-8,13H2,1H3. The molecule has 3 amide bonds. The smallest absolute Gasteiger partial charge is 0.322 e. The normalized spacial score (nSPS) is 17.8. The Bertz CT molecular complexity index is 433. The molecule has 5 heteroatoms. The highest BCUT2D eigenvalue weighted by Gasteiger charge is 2.34. The van der Waals surface area contributed by atoms with Gasteiger partial charge in [-0.3, -0.25) is 9.69 Å². The summed E-state index contributed by atoms with van der Waals surface area (Å²) in [4.78, 5) is 25.8. The fourth-order valence-electron chi connectivity index (χ4n) is 1.85. The van der Waals surface area contributed by atoms with Crippen molar-refractivity contribution in [2.24, 2.45) is 5.73 Å². The topological polar surface area (TPSA) is 66.6 Å². The lowest BCUT2D eigenvalue weighted by atomic mass is 10.1. The summed E-state index contributed by atoms with van der Waals surface area (Å²) in [7, 11) is 1.61. The second kappa shape index (κ2) is 4.55. The van der Waals surface area contributed by atoms with Crippen LogP contribution in [0.3, 0.4) is 0 Å². The number of carbonyl (C=O) groups excluding carboxylic acids is 2. The van der Waals surface area contributed by atoms with E-state index in [1.165, 1.54) is 9.80 Å². The average molecular weight is 233 g/mol. The van der Waals surface area contributed by atoms with Gasteiger partial charge in [-0.05, 0) is 5.56 Å². The quantitative estimate of drug-likeness (QED) is 0.776. The number of rotatable bonds is 3. The van der Waals surface area contributed by atoms with Gasteiger partial charge < -0.3 is 10.6 Å². The first-order chi connectivity index (χ1) is 8.09. The number of hydrogen-bond acceptors (Lipinski definition) is 3.